The van der Waals surface area contributed by atoms with Crippen molar-refractivity contribution in [2.24, 2.45) is 0 Å². The van der Waals surface area contributed by atoms with E-state index in [4.69, 9.17) is 11.6 Å². The van der Waals surface area contributed by atoms with E-state index in [-0.39, 0.29) is 51.0 Å². The van der Waals surface area contributed by atoms with Gasteiger partial charge in [0, 0.05) is 5.02 Å². The van der Waals surface area contributed by atoms with Crippen LogP contribution in [-0.4, -0.2) is 0 Å². The Morgan fingerprint density at radius 2 is 1.81 bits per heavy atom. The van der Waals surface area contributed by atoms with Gasteiger partial charge < -0.3 is 24.8 Å². The fourth-order valence-corrected chi connectivity index (χ4v) is 2.70. The van der Waals surface area contributed by atoms with Crippen molar-refractivity contribution in [3.8, 4) is 0 Å². The summed E-state index contributed by atoms with van der Waals surface area (Å²) in [6, 6.07) is 8.18. The van der Waals surface area contributed by atoms with Crippen LogP contribution in [0.25, 0.3) is 0 Å². The zero-order chi connectivity index (χ0) is 12.5. The van der Waals surface area contributed by atoms with Crippen molar-refractivity contribution < 1.29 is 51.0 Å². The predicted molar refractivity (Wildman–Crippen MR) is 76.5 cm³/mol. The molecule has 2 aliphatic carbocycles. The van der Waals surface area contributed by atoms with E-state index in [0.717, 1.165) is 11.4 Å². The van der Waals surface area contributed by atoms with Crippen LogP contribution in [0.1, 0.15) is 24.8 Å². The molecular formula is C17H14Cl3Zr. The van der Waals surface area contributed by atoms with Gasteiger partial charge in [-0.2, -0.15) is 17.2 Å². The zero-order valence-electron chi connectivity index (χ0n) is 11.5. The monoisotopic (exact) mass is 413 g/mol. The van der Waals surface area contributed by atoms with Crippen LogP contribution in [0.2, 0.25) is 5.02 Å². The summed E-state index contributed by atoms with van der Waals surface area (Å²) in [5.41, 5.74) is 5.13. The summed E-state index contributed by atoms with van der Waals surface area (Å²) in [5.74, 6) is 0.414. The van der Waals surface area contributed by atoms with Crippen LogP contribution in [0, 0.1) is 6.08 Å². The Morgan fingerprint density at radius 1 is 1.14 bits per heavy atom. The van der Waals surface area contributed by atoms with E-state index in [1.54, 1.807) is 0 Å². The first-order chi connectivity index (χ1) is 8.74. The van der Waals surface area contributed by atoms with Gasteiger partial charge in [0.15, 0.2) is 0 Å². The molecule has 0 aromatic heterocycles. The molecule has 0 nitrogen and oxygen atoms in total. The summed E-state index contributed by atoms with van der Waals surface area (Å²) in [6.07, 6.45) is 13.2. The summed E-state index contributed by atoms with van der Waals surface area (Å²) in [6.45, 7) is 2.10. The molecule has 0 bridgehead atoms. The number of allylic oxidation sites excluding steroid dienone is 8. The number of halogens is 3. The van der Waals surface area contributed by atoms with Gasteiger partial charge >= 0.3 is 26.2 Å². The van der Waals surface area contributed by atoms with Crippen LogP contribution >= 0.6 is 11.6 Å². The number of fused-ring (bicyclic) bond motifs is 1. The third kappa shape index (κ3) is 4.70. The molecule has 0 heterocycles. The van der Waals surface area contributed by atoms with E-state index < -0.39 is 0 Å². The van der Waals surface area contributed by atoms with Gasteiger partial charge in [-0.25, -0.2) is 0 Å². The Hall–Kier alpha value is -0.0669. The maximum Gasteiger partial charge on any atom is 3.00 e. The summed E-state index contributed by atoms with van der Waals surface area (Å²) >= 11 is 5.96. The maximum atomic E-state index is 5.96. The third-order valence-electron chi connectivity index (χ3n) is 3.43. The van der Waals surface area contributed by atoms with E-state index in [2.05, 4.69) is 49.4 Å². The molecule has 4 heteroatoms. The van der Waals surface area contributed by atoms with Gasteiger partial charge in [-0.3, -0.25) is 0 Å². The van der Waals surface area contributed by atoms with Crippen molar-refractivity contribution in [3.63, 3.8) is 0 Å². The molecule has 3 rings (SSSR count). The second-order valence-corrected chi connectivity index (χ2v) is 5.19. The average molecular weight is 416 g/mol. The van der Waals surface area contributed by atoms with Crippen molar-refractivity contribution in [2.45, 2.75) is 19.3 Å². The molecule has 2 aliphatic rings. The van der Waals surface area contributed by atoms with E-state index in [1.165, 1.54) is 22.3 Å². The molecule has 0 N–H and O–H groups in total. The number of rotatable bonds is 1. The summed E-state index contributed by atoms with van der Waals surface area (Å²) in [5, 5.41) is 0.792. The Bertz CT molecular complexity index is 595. The number of hydrogen-bond donors (Lipinski definition) is 0. The van der Waals surface area contributed by atoms with Gasteiger partial charge in [0.2, 0.25) is 0 Å². The van der Waals surface area contributed by atoms with Crippen molar-refractivity contribution in [3.05, 3.63) is 82.0 Å². The molecule has 1 unspecified atom stereocenters. The molecule has 1 radical (unpaired) electrons. The van der Waals surface area contributed by atoms with Crippen molar-refractivity contribution in [1.82, 2.24) is 0 Å². The van der Waals surface area contributed by atoms with Crippen LogP contribution in [-0.2, 0) is 26.2 Å². The molecule has 0 fully saturated rings. The van der Waals surface area contributed by atoms with Crippen LogP contribution in [0.15, 0.2) is 65.3 Å². The van der Waals surface area contributed by atoms with E-state index in [9.17, 15) is 0 Å². The number of benzene rings is 1. The smallest absolute Gasteiger partial charge is 1.00 e. The van der Waals surface area contributed by atoms with Gasteiger partial charge in [-0.1, -0.05) is 36.7 Å². The Morgan fingerprint density at radius 3 is 2.48 bits per heavy atom. The summed E-state index contributed by atoms with van der Waals surface area (Å²) in [7, 11) is 0. The van der Waals surface area contributed by atoms with Crippen LogP contribution < -0.4 is 24.8 Å². The van der Waals surface area contributed by atoms with Gasteiger partial charge in [-0.05, 0) is 30.0 Å². The Balaban J connectivity index is 0.00000133. The molecule has 1 atom stereocenters. The fraction of sp³-hybridized carbons (Fsp3) is 0.176. The standard InChI is InChI=1S/C17H14Cl.2ClH.Zr/c1-12-10-14-4-2-3-5-16(17(14)11-12)13-6-8-15(18)9-7-13;;;/h2-4,6-9,11,16H,5H2,1H3;2*1H;/q-1;;;+3/p-2. The molecule has 0 amide bonds. The Kier molecular flexibility index (Phi) is 9.13. The largest absolute Gasteiger partial charge is 3.00 e. The summed E-state index contributed by atoms with van der Waals surface area (Å²) in [4.78, 5) is 0. The minimum atomic E-state index is 0. The molecule has 21 heavy (non-hydrogen) atoms. The SMILES string of the molecule is CC1=[C-]C2=CC=CCC(c3ccc(Cl)cc3)C2=C1.[Cl-].[Cl-].[Zr+3]. The van der Waals surface area contributed by atoms with E-state index in [0.29, 0.717) is 5.92 Å². The fourth-order valence-electron chi connectivity index (χ4n) is 2.57. The molecule has 0 spiro atoms. The second kappa shape index (κ2) is 9.16. The van der Waals surface area contributed by atoms with Gasteiger partial charge in [0.05, 0.1) is 0 Å². The molecule has 107 valence electrons. The number of hydrogen-bond acceptors (Lipinski definition) is 0. The normalized spacial score (nSPS) is 18.8. The van der Waals surface area contributed by atoms with E-state index in [1.807, 2.05) is 12.1 Å². The van der Waals surface area contributed by atoms with Gasteiger partial charge in [-0.15, -0.1) is 23.8 Å². The molecule has 1 aromatic carbocycles. The van der Waals surface area contributed by atoms with Crippen molar-refractivity contribution in [1.29, 1.82) is 0 Å². The van der Waals surface area contributed by atoms with Crippen LogP contribution in [0.3, 0.4) is 0 Å². The minimum Gasteiger partial charge on any atom is -1.00 e. The summed E-state index contributed by atoms with van der Waals surface area (Å²) < 4.78 is 0. The molecule has 1 aromatic rings. The molecule has 0 aliphatic heterocycles. The van der Waals surface area contributed by atoms with Crippen LogP contribution in [0.4, 0.5) is 0 Å². The third-order valence-corrected chi connectivity index (χ3v) is 3.69. The first kappa shape index (κ1) is 20.9. The van der Waals surface area contributed by atoms with E-state index >= 15 is 0 Å². The van der Waals surface area contributed by atoms with Crippen molar-refractivity contribution >= 4 is 11.6 Å². The van der Waals surface area contributed by atoms with Gasteiger partial charge in [0.1, 0.15) is 0 Å². The topological polar surface area (TPSA) is 0 Å². The second-order valence-electron chi connectivity index (χ2n) is 4.76. The maximum absolute atomic E-state index is 5.96. The Labute approximate surface area is 163 Å². The predicted octanol–water partition coefficient (Wildman–Crippen LogP) is -0.995. The first-order valence-corrected chi connectivity index (χ1v) is 6.56. The quantitative estimate of drug-likeness (QED) is 0.517. The van der Waals surface area contributed by atoms with Crippen molar-refractivity contribution in [2.75, 3.05) is 0 Å². The van der Waals surface area contributed by atoms with Crippen LogP contribution in [0.5, 0.6) is 0 Å². The minimum absolute atomic E-state index is 0. The van der Waals surface area contributed by atoms with Gasteiger partial charge in [0.25, 0.3) is 0 Å². The molecule has 0 saturated heterocycles. The average Bonchev–Trinajstić information content (AvgIpc) is 2.61. The molecule has 0 saturated carbocycles. The zero-order valence-corrected chi connectivity index (χ0v) is 16.3. The first-order valence-electron chi connectivity index (χ1n) is 6.19. The molecular weight excluding hydrogens is 402 g/mol.